The van der Waals surface area contributed by atoms with Crippen LogP contribution in [-0.2, 0) is 14.3 Å². The highest BCUT2D eigenvalue weighted by molar-refractivity contribution is 5.84. The maximum atomic E-state index is 12.5. The van der Waals surface area contributed by atoms with Crippen molar-refractivity contribution in [1.82, 2.24) is 5.32 Å². The molecule has 4 N–H and O–H groups in total. The lowest BCUT2D eigenvalue weighted by Crippen LogP contribution is -2.53. The van der Waals surface area contributed by atoms with Gasteiger partial charge in [0.25, 0.3) is 5.91 Å². The summed E-state index contributed by atoms with van der Waals surface area (Å²) in [5.41, 5.74) is 3.99. The highest BCUT2D eigenvalue weighted by atomic mass is 19.4. The number of carbonyl (C=O) groups excluding carboxylic acids is 1. The van der Waals surface area contributed by atoms with Gasteiger partial charge >= 0.3 is 12.4 Å². The maximum absolute atomic E-state index is 12.5. The fraction of sp³-hybridized carbons (Fsp3) is 0.938. The molecule has 28 heavy (non-hydrogen) atoms. The van der Waals surface area contributed by atoms with Gasteiger partial charge in [0, 0.05) is 7.11 Å². The van der Waals surface area contributed by atoms with Gasteiger partial charge in [-0.1, -0.05) is 13.8 Å². The Morgan fingerprint density at radius 3 is 1.93 bits per heavy atom. The summed E-state index contributed by atoms with van der Waals surface area (Å²) in [4.78, 5) is 12.1. The number of aliphatic hydroxyl groups excluding tert-OH is 1. The molecule has 2 unspecified atom stereocenters. The van der Waals surface area contributed by atoms with E-state index in [1.165, 1.54) is 21.0 Å². The van der Waals surface area contributed by atoms with Crippen molar-refractivity contribution in [3.63, 3.8) is 0 Å². The summed E-state index contributed by atoms with van der Waals surface area (Å²) in [6.07, 6.45) is -16.9. The molecule has 0 bridgehead atoms. The number of halogens is 6. The number of hydrogen-bond acceptors (Lipinski definition) is 5. The molecule has 0 aromatic heterocycles. The van der Waals surface area contributed by atoms with Gasteiger partial charge in [0.05, 0.1) is 18.8 Å². The highest BCUT2D eigenvalue weighted by Crippen LogP contribution is 2.35. The number of carbonyl (C=O) groups is 1. The lowest BCUT2D eigenvalue weighted by molar-refractivity contribution is -0.325. The minimum Gasteiger partial charge on any atom is -0.389 e. The molecule has 2 atom stereocenters. The molecule has 170 valence electrons. The van der Waals surface area contributed by atoms with Gasteiger partial charge in [0.1, 0.15) is 5.60 Å². The summed E-state index contributed by atoms with van der Waals surface area (Å²) >= 11 is 0. The van der Waals surface area contributed by atoms with Crippen molar-refractivity contribution in [1.29, 1.82) is 0 Å². The fourth-order valence-electron chi connectivity index (χ4n) is 1.82. The third-order valence-corrected chi connectivity index (χ3v) is 3.59. The Hall–Kier alpha value is -1.11. The van der Waals surface area contributed by atoms with Gasteiger partial charge in [0.15, 0.2) is 0 Å². The van der Waals surface area contributed by atoms with Crippen LogP contribution in [0.1, 0.15) is 40.5 Å². The third-order valence-electron chi connectivity index (χ3n) is 3.59. The molecule has 0 radical (unpaired) electrons. The van der Waals surface area contributed by atoms with Crippen LogP contribution in [0, 0.1) is 0 Å². The van der Waals surface area contributed by atoms with Crippen molar-refractivity contribution < 1.29 is 45.7 Å². The second-order valence-corrected chi connectivity index (χ2v) is 6.09. The molecule has 0 saturated heterocycles. The minimum atomic E-state index is -5.69. The minimum absolute atomic E-state index is 0.0231. The molecule has 0 aliphatic heterocycles. The lowest BCUT2D eigenvalue weighted by Gasteiger charge is -2.30. The standard InChI is InChI=1S/C14H24F6N2O4.C2H6/c1-12(2,25-3)11(24)22-8(5-4-6-21)9(23)7-26-10(13(15,16)17)14(18,19)20;1-2/h8-10,23H,4-7,21H2,1-3H3,(H,22,24);1-2H3. The van der Waals surface area contributed by atoms with Crippen LogP contribution in [0.25, 0.3) is 0 Å². The van der Waals surface area contributed by atoms with Crippen LogP contribution in [0.3, 0.4) is 0 Å². The van der Waals surface area contributed by atoms with Gasteiger partial charge in [-0.15, -0.1) is 0 Å². The molecule has 0 saturated carbocycles. The van der Waals surface area contributed by atoms with Crippen LogP contribution in [0.4, 0.5) is 26.3 Å². The summed E-state index contributed by atoms with van der Waals surface area (Å²) < 4.78 is 83.5. The van der Waals surface area contributed by atoms with Gasteiger partial charge < -0.3 is 25.6 Å². The van der Waals surface area contributed by atoms with E-state index in [0.29, 0.717) is 0 Å². The van der Waals surface area contributed by atoms with Crippen molar-refractivity contribution in [2.24, 2.45) is 5.73 Å². The molecule has 0 aliphatic carbocycles. The average molecular weight is 428 g/mol. The van der Waals surface area contributed by atoms with Gasteiger partial charge in [-0.2, -0.15) is 26.3 Å². The second kappa shape index (κ2) is 12.5. The molecular formula is C16H30F6N2O4. The van der Waals surface area contributed by atoms with E-state index in [9.17, 15) is 36.2 Å². The number of nitrogens with one attached hydrogen (secondary N) is 1. The quantitative estimate of drug-likeness (QED) is 0.465. The topological polar surface area (TPSA) is 93.8 Å². The summed E-state index contributed by atoms with van der Waals surface area (Å²) in [7, 11) is 1.24. The Morgan fingerprint density at radius 2 is 1.57 bits per heavy atom. The normalized spacial score (nSPS) is 14.9. The fourth-order valence-corrected chi connectivity index (χ4v) is 1.82. The molecule has 0 heterocycles. The molecule has 12 heteroatoms. The smallest absolute Gasteiger partial charge is 0.389 e. The van der Waals surface area contributed by atoms with Crippen molar-refractivity contribution in [3.8, 4) is 0 Å². The number of aliphatic hydroxyl groups is 1. The number of amides is 1. The number of methoxy groups -OCH3 is 1. The first-order valence-electron chi connectivity index (χ1n) is 8.66. The highest BCUT2D eigenvalue weighted by Gasteiger charge is 2.58. The summed E-state index contributed by atoms with van der Waals surface area (Å²) in [5, 5.41) is 12.3. The van der Waals surface area contributed by atoms with E-state index in [2.05, 4.69) is 10.1 Å². The third kappa shape index (κ3) is 10.4. The summed E-state index contributed by atoms with van der Waals surface area (Å²) in [6.45, 7) is 5.65. The van der Waals surface area contributed by atoms with Crippen LogP contribution in [-0.4, -0.2) is 67.5 Å². The van der Waals surface area contributed by atoms with Crippen LogP contribution in [0.15, 0.2) is 0 Å². The Kier molecular flexibility index (Phi) is 12.9. The SMILES string of the molecule is CC.COC(C)(C)C(=O)NC(CCCN)C(O)COC(C(F)(F)F)C(F)(F)F. The number of alkyl halides is 6. The molecule has 0 spiro atoms. The zero-order valence-corrected chi connectivity index (χ0v) is 16.6. The zero-order valence-electron chi connectivity index (χ0n) is 16.6. The predicted octanol–water partition coefficient (Wildman–Crippen LogP) is 2.53. The molecule has 0 rings (SSSR count). The van der Waals surface area contributed by atoms with E-state index in [0.717, 1.165) is 0 Å². The van der Waals surface area contributed by atoms with E-state index < -0.39 is 48.7 Å². The monoisotopic (exact) mass is 428 g/mol. The molecule has 0 aromatic carbocycles. The van der Waals surface area contributed by atoms with Crippen molar-refractivity contribution in [2.45, 2.75) is 76.7 Å². The predicted molar refractivity (Wildman–Crippen MR) is 90.5 cm³/mol. The van der Waals surface area contributed by atoms with E-state index in [4.69, 9.17) is 10.5 Å². The first kappa shape index (κ1) is 29.1. The van der Waals surface area contributed by atoms with Gasteiger partial charge in [-0.05, 0) is 33.2 Å². The molecule has 0 fully saturated rings. The molecule has 6 nitrogen and oxygen atoms in total. The number of hydrogen-bond donors (Lipinski definition) is 3. The first-order valence-corrected chi connectivity index (χ1v) is 8.66. The molecular weight excluding hydrogens is 398 g/mol. The average Bonchev–Trinajstić information content (AvgIpc) is 2.57. The first-order chi connectivity index (χ1) is 12.7. The number of rotatable bonds is 10. The molecule has 0 aromatic rings. The number of ether oxygens (including phenoxy) is 2. The van der Waals surface area contributed by atoms with E-state index in [1.807, 2.05) is 13.8 Å². The van der Waals surface area contributed by atoms with Crippen molar-refractivity contribution in [2.75, 3.05) is 20.3 Å². The van der Waals surface area contributed by atoms with Crippen LogP contribution in [0.5, 0.6) is 0 Å². The summed E-state index contributed by atoms with van der Waals surface area (Å²) in [6, 6.07) is -1.16. The van der Waals surface area contributed by atoms with E-state index >= 15 is 0 Å². The largest absolute Gasteiger partial charge is 0.423 e. The van der Waals surface area contributed by atoms with Crippen molar-refractivity contribution >= 4 is 5.91 Å². The Labute approximate surface area is 160 Å². The lowest BCUT2D eigenvalue weighted by atomic mass is 10.0. The Bertz CT molecular complexity index is 430. The maximum Gasteiger partial charge on any atom is 0.423 e. The molecule has 1 amide bonds. The summed E-state index contributed by atoms with van der Waals surface area (Å²) in [5.74, 6) is -0.704. The second-order valence-electron chi connectivity index (χ2n) is 6.09. The van der Waals surface area contributed by atoms with Crippen LogP contribution in [0.2, 0.25) is 0 Å². The molecule has 0 aliphatic rings. The van der Waals surface area contributed by atoms with E-state index in [-0.39, 0.29) is 19.4 Å². The zero-order chi connectivity index (χ0) is 22.8. The van der Waals surface area contributed by atoms with Crippen molar-refractivity contribution in [3.05, 3.63) is 0 Å². The van der Waals surface area contributed by atoms with Crippen LogP contribution < -0.4 is 11.1 Å². The van der Waals surface area contributed by atoms with Gasteiger partial charge in [-0.3, -0.25) is 4.79 Å². The van der Waals surface area contributed by atoms with E-state index in [1.54, 1.807) is 0 Å². The van der Waals surface area contributed by atoms with Gasteiger partial charge in [0.2, 0.25) is 6.10 Å². The number of nitrogens with two attached hydrogens (primary N) is 1. The van der Waals surface area contributed by atoms with Crippen LogP contribution >= 0.6 is 0 Å². The van der Waals surface area contributed by atoms with Gasteiger partial charge in [-0.25, -0.2) is 0 Å². The Morgan fingerprint density at radius 1 is 1.11 bits per heavy atom. The Balaban J connectivity index is 0.